The van der Waals surface area contributed by atoms with E-state index in [1.165, 1.54) is 18.2 Å². The highest BCUT2D eigenvalue weighted by Crippen LogP contribution is 2.21. The topological polar surface area (TPSA) is 94.4 Å². The van der Waals surface area contributed by atoms with Gasteiger partial charge in [-0.3, -0.25) is 19.9 Å². The molecule has 0 bridgehead atoms. The number of carbonyl (C=O) groups is 1. The molecule has 7 nitrogen and oxygen atoms in total. The molecule has 1 atom stereocenters. The number of hydrogen-bond acceptors (Lipinski definition) is 5. The van der Waals surface area contributed by atoms with E-state index in [0.717, 1.165) is 11.1 Å². The van der Waals surface area contributed by atoms with Crippen LogP contribution >= 0.6 is 0 Å². The van der Waals surface area contributed by atoms with Gasteiger partial charge in [-0.15, -0.1) is 0 Å². The van der Waals surface area contributed by atoms with Crippen LogP contribution in [0.1, 0.15) is 22.9 Å². The number of nitrogens with one attached hydrogen (secondary N) is 1. The van der Waals surface area contributed by atoms with Crippen LogP contribution in [-0.2, 0) is 4.79 Å². The molecule has 0 saturated carbocycles. The highest BCUT2D eigenvalue weighted by Gasteiger charge is 2.18. The molecule has 7 heteroatoms. The van der Waals surface area contributed by atoms with Gasteiger partial charge in [-0.05, 0) is 30.7 Å². The lowest BCUT2D eigenvalue weighted by Crippen LogP contribution is -2.33. The van der Waals surface area contributed by atoms with Crippen molar-refractivity contribution in [2.75, 3.05) is 6.61 Å². The lowest BCUT2D eigenvalue weighted by molar-refractivity contribution is -0.384. The number of hydrogen-bond donors (Lipinski definition) is 1. The van der Waals surface area contributed by atoms with E-state index in [9.17, 15) is 14.9 Å². The van der Waals surface area contributed by atoms with Gasteiger partial charge in [0.1, 0.15) is 5.75 Å². The predicted molar refractivity (Wildman–Crippen MR) is 104 cm³/mol. The Morgan fingerprint density at radius 1 is 1.14 bits per heavy atom. The number of benzene rings is 2. The second-order valence-corrected chi connectivity index (χ2v) is 6.21. The summed E-state index contributed by atoms with van der Waals surface area (Å²) in [6, 6.07) is 18.6. The van der Waals surface area contributed by atoms with Gasteiger partial charge in [0, 0.05) is 12.3 Å². The highest BCUT2D eigenvalue weighted by atomic mass is 16.6. The third kappa shape index (κ3) is 4.91. The number of rotatable bonds is 7. The molecule has 142 valence electrons. The van der Waals surface area contributed by atoms with Gasteiger partial charge in [0.25, 0.3) is 11.6 Å². The van der Waals surface area contributed by atoms with Crippen LogP contribution < -0.4 is 10.1 Å². The van der Waals surface area contributed by atoms with Crippen molar-refractivity contribution in [1.29, 1.82) is 0 Å². The number of amides is 1. The Morgan fingerprint density at radius 2 is 1.93 bits per heavy atom. The van der Waals surface area contributed by atoms with Gasteiger partial charge in [-0.1, -0.05) is 42.0 Å². The molecular formula is C21H19N3O4. The van der Waals surface area contributed by atoms with E-state index in [1.54, 1.807) is 12.3 Å². The largest absolute Gasteiger partial charge is 0.484 e. The molecule has 0 spiro atoms. The van der Waals surface area contributed by atoms with Crippen molar-refractivity contribution >= 4 is 11.6 Å². The van der Waals surface area contributed by atoms with E-state index in [2.05, 4.69) is 10.3 Å². The zero-order valence-electron chi connectivity index (χ0n) is 15.2. The molecular weight excluding hydrogens is 358 g/mol. The first-order valence-corrected chi connectivity index (χ1v) is 8.67. The SMILES string of the molecule is Cc1ccc(C(NC(=O)COc2cccc([N+](=O)[O-])c2)c2ccccn2)cc1. The van der Waals surface area contributed by atoms with Crippen molar-refractivity contribution in [2.45, 2.75) is 13.0 Å². The lowest BCUT2D eigenvalue weighted by atomic mass is 10.0. The fourth-order valence-corrected chi connectivity index (χ4v) is 2.67. The average Bonchev–Trinajstić information content (AvgIpc) is 2.72. The van der Waals surface area contributed by atoms with Crippen LogP contribution in [-0.4, -0.2) is 22.4 Å². The van der Waals surface area contributed by atoms with Gasteiger partial charge >= 0.3 is 0 Å². The fraction of sp³-hybridized carbons (Fsp3) is 0.143. The second kappa shape index (κ2) is 8.77. The summed E-state index contributed by atoms with van der Waals surface area (Å²) in [5.74, 6) is -0.100. The Morgan fingerprint density at radius 3 is 2.61 bits per heavy atom. The smallest absolute Gasteiger partial charge is 0.273 e. The Balaban J connectivity index is 1.72. The summed E-state index contributed by atoms with van der Waals surface area (Å²) in [7, 11) is 0. The summed E-state index contributed by atoms with van der Waals surface area (Å²) in [6.45, 7) is 1.72. The molecule has 1 aromatic heterocycles. The first-order valence-electron chi connectivity index (χ1n) is 8.67. The molecule has 0 aliphatic rings. The molecule has 0 aliphatic heterocycles. The molecule has 1 amide bonds. The first kappa shape index (κ1) is 19.0. The number of nitrogens with zero attached hydrogens (tertiary/aromatic N) is 2. The normalized spacial score (nSPS) is 11.5. The number of aryl methyl sites for hydroxylation is 1. The maximum atomic E-state index is 12.5. The number of nitro benzene ring substituents is 1. The van der Waals surface area contributed by atoms with Crippen LogP contribution in [0.5, 0.6) is 5.75 Å². The number of aromatic nitrogens is 1. The Labute approximate surface area is 162 Å². The molecule has 0 fully saturated rings. The minimum absolute atomic E-state index is 0.0936. The first-order chi connectivity index (χ1) is 13.5. The third-order valence-corrected chi connectivity index (χ3v) is 4.10. The van der Waals surface area contributed by atoms with Crippen LogP contribution in [0.4, 0.5) is 5.69 Å². The van der Waals surface area contributed by atoms with Gasteiger partial charge < -0.3 is 10.1 Å². The highest BCUT2D eigenvalue weighted by molar-refractivity contribution is 5.78. The van der Waals surface area contributed by atoms with E-state index in [4.69, 9.17) is 4.74 Å². The quantitative estimate of drug-likeness (QED) is 0.502. The minimum atomic E-state index is -0.512. The van der Waals surface area contributed by atoms with Crippen LogP contribution in [0.3, 0.4) is 0 Å². The number of carbonyl (C=O) groups excluding carboxylic acids is 1. The van der Waals surface area contributed by atoms with Gasteiger partial charge in [-0.2, -0.15) is 0 Å². The van der Waals surface area contributed by atoms with Gasteiger partial charge in [0.05, 0.1) is 22.7 Å². The summed E-state index contributed by atoms with van der Waals surface area (Å²) in [6.07, 6.45) is 1.67. The summed E-state index contributed by atoms with van der Waals surface area (Å²) in [4.78, 5) is 27.1. The van der Waals surface area contributed by atoms with E-state index in [-0.39, 0.29) is 24.0 Å². The molecule has 1 N–H and O–H groups in total. The zero-order chi connectivity index (χ0) is 19.9. The fourth-order valence-electron chi connectivity index (χ4n) is 2.67. The van der Waals surface area contributed by atoms with Crippen molar-refractivity contribution in [2.24, 2.45) is 0 Å². The van der Waals surface area contributed by atoms with Crippen LogP contribution in [0.2, 0.25) is 0 Å². The van der Waals surface area contributed by atoms with Gasteiger partial charge in [-0.25, -0.2) is 0 Å². The Bertz CT molecular complexity index is 959. The van der Waals surface area contributed by atoms with Crippen molar-refractivity contribution in [3.63, 3.8) is 0 Å². The van der Waals surface area contributed by atoms with Crippen LogP contribution in [0.25, 0.3) is 0 Å². The van der Waals surface area contributed by atoms with E-state index in [1.807, 2.05) is 49.4 Å². The second-order valence-electron chi connectivity index (χ2n) is 6.21. The minimum Gasteiger partial charge on any atom is -0.484 e. The van der Waals surface area contributed by atoms with Crippen LogP contribution in [0, 0.1) is 17.0 Å². The number of non-ortho nitro benzene ring substituents is 1. The average molecular weight is 377 g/mol. The summed E-state index contributed by atoms with van der Waals surface area (Å²) in [5, 5.41) is 13.8. The molecule has 0 aliphatic carbocycles. The molecule has 1 heterocycles. The van der Waals surface area contributed by atoms with Gasteiger partial charge in [0.15, 0.2) is 6.61 Å². The lowest BCUT2D eigenvalue weighted by Gasteiger charge is -2.19. The van der Waals surface area contributed by atoms with Crippen molar-refractivity contribution in [3.8, 4) is 5.75 Å². The number of nitro groups is 1. The molecule has 1 unspecified atom stereocenters. The number of pyridine rings is 1. The van der Waals surface area contributed by atoms with Crippen molar-refractivity contribution < 1.29 is 14.5 Å². The third-order valence-electron chi connectivity index (χ3n) is 4.10. The predicted octanol–water partition coefficient (Wildman–Crippen LogP) is 3.58. The summed E-state index contributed by atoms with van der Waals surface area (Å²) >= 11 is 0. The van der Waals surface area contributed by atoms with Crippen molar-refractivity contribution in [1.82, 2.24) is 10.3 Å². The maximum Gasteiger partial charge on any atom is 0.273 e. The Kier molecular flexibility index (Phi) is 5.96. The molecule has 3 aromatic rings. The molecule has 3 rings (SSSR count). The zero-order valence-corrected chi connectivity index (χ0v) is 15.2. The summed E-state index contributed by atoms with van der Waals surface area (Å²) < 4.78 is 5.41. The Hall–Kier alpha value is -3.74. The monoisotopic (exact) mass is 377 g/mol. The van der Waals surface area contributed by atoms with E-state index in [0.29, 0.717) is 5.69 Å². The molecule has 2 aromatic carbocycles. The van der Waals surface area contributed by atoms with Crippen molar-refractivity contribution in [3.05, 3.63) is 99.9 Å². The standard InChI is InChI=1S/C21H19N3O4/c1-15-8-10-16(11-9-15)21(19-7-2-3-12-22-19)23-20(25)14-28-18-6-4-5-17(13-18)24(26)27/h2-13,21H,14H2,1H3,(H,23,25). The van der Waals surface area contributed by atoms with E-state index >= 15 is 0 Å². The van der Waals surface area contributed by atoms with Crippen LogP contribution in [0.15, 0.2) is 72.9 Å². The maximum absolute atomic E-state index is 12.5. The van der Waals surface area contributed by atoms with Gasteiger partial charge in [0.2, 0.25) is 0 Å². The summed E-state index contributed by atoms with van der Waals surface area (Å²) in [5.41, 5.74) is 2.62. The van der Waals surface area contributed by atoms with E-state index < -0.39 is 11.0 Å². The molecule has 0 saturated heterocycles. The number of ether oxygens (including phenoxy) is 1. The molecule has 28 heavy (non-hydrogen) atoms. The molecule has 0 radical (unpaired) electrons.